The van der Waals surface area contributed by atoms with Crippen LogP contribution in [0.5, 0.6) is 0 Å². The molecule has 10 unspecified atom stereocenters. The van der Waals surface area contributed by atoms with E-state index in [-0.39, 0.29) is 14.9 Å². The van der Waals surface area contributed by atoms with E-state index in [2.05, 4.69) is 281 Å². The zero-order valence-corrected chi connectivity index (χ0v) is 60.9. The van der Waals surface area contributed by atoms with Gasteiger partial charge in [-0.25, -0.2) is 0 Å². The molecule has 10 atom stereocenters. The molecule has 9 heteroatoms. The third-order valence-corrected chi connectivity index (χ3v) is 36.4. The van der Waals surface area contributed by atoms with Crippen LogP contribution in [0, 0.1) is 38.5 Å². The zero-order chi connectivity index (χ0) is 58.5. The first-order valence-corrected chi connectivity index (χ1v) is 46.8. The third-order valence-electron chi connectivity index (χ3n) is 20.9. The van der Waals surface area contributed by atoms with Crippen molar-refractivity contribution in [3.05, 3.63) is 249 Å². The van der Waals surface area contributed by atoms with Crippen molar-refractivity contribution in [3.8, 4) is 22.3 Å². The topological polar surface area (TPSA) is 0 Å². The number of hydrogen-bond acceptors (Lipinski definition) is 4. The molecule has 0 bridgehead atoms. The van der Waals surface area contributed by atoms with Gasteiger partial charge in [0.25, 0.3) is 0 Å². The van der Waals surface area contributed by atoms with Gasteiger partial charge in [0.05, 0.1) is 16.1 Å². The summed E-state index contributed by atoms with van der Waals surface area (Å²) in [5.41, 5.74) is 20.6. The average Bonchev–Trinajstić information content (AvgIpc) is 2.38. The van der Waals surface area contributed by atoms with Crippen molar-refractivity contribution in [2.75, 3.05) is 0 Å². The first kappa shape index (κ1) is 62.9. The number of rotatable bonds is 8. The third kappa shape index (κ3) is 10.8. The number of allylic oxidation sites excluding steroid dienone is 4. The minimum atomic E-state index is -1.86. The van der Waals surface area contributed by atoms with E-state index in [4.69, 9.17) is 17.0 Å². The Morgan fingerprint density at radius 1 is 0.414 bits per heavy atom. The summed E-state index contributed by atoms with van der Waals surface area (Å²) in [6.45, 7) is 20.9. The Kier molecular flexibility index (Phi) is 18.4. The maximum absolute atomic E-state index is 4.93. The molecule has 6 aliphatic rings. The fourth-order valence-corrected chi connectivity index (χ4v) is 38.2. The number of benzene rings is 8. The quantitative estimate of drug-likeness (QED) is 0.110. The molecule has 440 valence electrons. The Hall–Kier alpha value is -4.24. The van der Waals surface area contributed by atoms with E-state index in [0.717, 1.165) is 33.4 Å². The van der Waals surface area contributed by atoms with Crippen LogP contribution in [-0.4, -0.2) is 26.6 Å². The fourth-order valence-electron chi connectivity index (χ4n) is 17.9. The molecule has 16 rings (SSSR count). The van der Waals surface area contributed by atoms with E-state index in [1.807, 2.05) is 22.7 Å². The molecular weight excluding hydrogens is 1280 g/mol. The van der Waals surface area contributed by atoms with Crippen molar-refractivity contribution >= 4 is 146 Å². The Morgan fingerprint density at radius 3 is 1.08 bits per heavy atom. The van der Waals surface area contributed by atoms with Crippen LogP contribution < -0.4 is 0 Å². The van der Waals surface area contributed by atoms with Crippen molar-refractivity contribution < 1.29 is 20.8 Å². The molecule has 2 aliphatic heterocycles. The second kappa shape index (κ2) is 25.4. The Bertz CT molecular complexity index is 4080. The molecule has 2 fully saturated rings. The molecule has 0 saturated heterocycles. The average molecular weight is 1360 g/mol. The molecule has 4 aliphatic carbocycles. The standard InChI is InChI=1S/C38H40S2Si.C38H32S2Si.2CH3.2ClH.Zr/c2*1-23-19-31-33(29-17-9-13-25-11-5-7-15-27(25)29)21-39-35(31)37(23)41(3,4)38-24(2)20-32-34(22-40-36(32)38)30-18-10-14-26-12-6-8-16-28(26)30;;;;;/h5-18,21-24,31-32,35-38H,19-20H2,1-4H3;5-22,37-38H,1-4H3;2*1H3;2*1H;/q;;2*-1;;;+4/p-2. The van der Waals surface area contributed by atoms with Crippen LogP contribution >= 0.6 is 63.2 Å². The van der Waals surface area contributed by atoms with Crippen LogP contribution in [-0.2, 0) is 20.8 Å². The van der Waals surface area contributed by atoms with Gasteiger partial charge in [-0.2, -0.15) is 0 Å². The van der Waals surface area contributed by atoms with Crippen LogP contribution in [0.4, 0.5) is 0 Å². The molecule has 0 nitrogen and oxygen atoms in total. The van der Waals surface area contributed by atoms with Gasteiger partial charge < -0.3 is 14.9 Å². The zero-order valence-electron chi connectivity index (χ0n) is 51.7. The van der Waals surface area contributed by atoms with Gasteiger partial charge in [0.15, 0.2) is 0 Å². The van der Waals surface area contributed by atoms with E-state index in [9.17, 15) is 0 Å². The summed E-state index contributed by atoms with van der Waals surface area (Å²) in [7, 11) is 6.39. The molecule has 2 aromatic heterocycles. The number of thiophene rings is 2. The number of halogens is 2. The summed E-state index contributed by atoms with van der Waals surface area (Å²) < 4.78 is 0. The Labute approximate surface area is 555 Å². The molecule has 0 amide bonds. The monoisotopic (exact) mass is 1360 g/mol. The van der Waals surface area contributed by atoms with Gasteiger partial charge in [0.1, 0.15) is 0 Å². The molecule has 10 aromatic rings. The number of hydrogen-bond donors (Lipinski definition) is 0. The van der Waals surface area contributed by atoms with Gasteiger partial charge in [0.2, 0.25) is 0 Å². The molecule has 0 N–H and O–H groups in total. The van der Waals surface area contributed by atoms with Crippen LogP contribution in [0.1, 0.15) is 83.6 Å². The fraction of sp³-hybridized carbons (Fsp3) is 0.256. The second-order valence-corrected chi connectivity index (χ2v) is 43.8. The molecule has 0 spiro atoms. The molecule has 8 aromatic carbocycles. The maximum atomic E-state index is 4.93. The van der Waals surface area contributed by atoms with Crippen LogP contribution in [0.2, 0.25) is 37.3 Å². The Balaban J connectivity index is 0.000000159. The Morgan fingerprint density at radius 2 is 0.724 bits per heavy atom. The first-order chi connectivity index (χ1) is 41.3. The summed E-state index contributed by atoms with van der Waals surface area (Å²) in [5.74, 6) is 3.01. The summed E-state index contributed by atoms with van der Waals surface area (Å²) in [6, 6.07) is 62.9. The summed E-state index contributed by atoms with van der Waals surface area (Å²) in [6.07, 6.45) is 7.76. The minimum absolute atomic E-state index is 0. The molecule has 4 heterocycles. The van der Waals surface area contributed by atoms with Crippen LogP contribution in [0.15, 0.2) is 203 Å². The first-order valence-electron chi connectivity index (χ1n) is 30.5. The van der Waals surface area contributed by atoms with E-state index in [0.29, 0.717) is 22.9 Å². The van der Waals surface area contributed by atoms with Crippen LogP contribution in [0.3, 0.4) is 0 Å². The van der Waals surface area contributed by atoms with Gasteiger partial charge in [-0.1, -0.05) is 233 Å². The molecular formula is C78H78Cl2S4Si2Zr. The summed E-state index contributed by atoms with van der Waals surface area (Å²) in [5, 5.41) is 22.4. The van der Waals surface area contributed by atoms with E-state index >= 15 is 0 Å². The second-order valence-electron chi connectivity index (χ2n) is 26.4. The van der Waals surface area contributed by atoms with Gasteiger partial charge in [-0.3, -0.25) is 0 Å². The molecule has 87 heavy (non-hydrogen) atoms. The number of thioether (sulfide) groups is 2. The van der Waals surface area contributed by atoms with Crippen molar-refractivity contribution in [3.63, 3.8) is 0 Å². The molecule has 0 radical (unpaired) electrons. The van der Waals surface area contributed by atoms with E-state index < -0.39 is 37.0 Å². The summed E-state index contributed by atoms with van der Waals surface area (Å²) in [4.78, 5) is 3.18. The van der Waals surface area contributed by atoms with Gasteiger partial charge >= 0.3 is 37.9 Å². The normalized spacial score (nSPS) is 24.1. The van der Waals surface area contributed by atoms with Crippen molar-refractivity contribution in [2.45, 2.75) is 99.4 Å². The summed E-state index contributed by atoms with van der Waals surface area (Å²) >= 11 is 7.56. The van der Waals surface area contributed by atoms with Gasteiger partial charge in [0, 0.05) is 42.5 Å². The predicted molar refractivity (Wildman–Crippen MR) is 395 cm³/mol. The van der Waals surface area contributed by atoms with Crippen molar-refractivity contribution in [2.24, 2.45) is 23.7 Å². The van der Waals surface area contributed by atoms with Crippen LogP contribution in [0.25, 0.3) is 88.6 Å². The van der Waals surface area contributed by atoms with E-state index in [1.165, 1.54) is 100 Å². The molecule has 2 saturated carbocycles. The van der Waals surface area contributed by atoms with Crippen molar-refractivity contribution in [1.29, 1.82) is 0 Å². The van der Waals surface area contributed by atoms with Gasteiger partial charge in [-0.15, -0.1) is 46.2 Å². The van der Waals surface area contributed by atoms with E-state index in [1.54, 1.807) is 32.0 Å². The SMILES string of the molecule is CC1=Cc2c(-c3cccc4ccccc34)csc2C1[Si](C)(C)C1C(C)=Cc2c(-c3cccc4ccccc34)csc21.CC1CC2C(c3cccc4ccccc34)=CSC2C1[Si](C)(C)C1C(C)CC2C(c3cccc4ccccc34)=CSC21.[CH3-].[CH3-].[Cl][Zr+2][Cl]. The number of fused-ring (bicyclic) bond motifs is 8. The predicted octanol–water partition coefficient (Wildman–Crippen LogP) is 25.6. The van der Waals surface area contributed by atoms with Gasteiger partial charge in [-0.05, 0) is 171 Å². The van der Waals surface area contributed by atoms with Crippen molar-refractivity contribution in [1.82, 2.24) is 0 Å².